The molecule has 0 fully saturated rings. The van der Waals surface area contributed by atoms with Gasteiger partial charge in [0.15, 0.2) is 11.5 Å². The molecule has 1 aromatic carbocycles. The lowest BCUT2D eigenvalue weighted by molar-refractivity contribution is 0.0691. The van der Waals surface area contributed by atoms with Crippen LogP contribution in [0.1, 0.15) is 20.8 Å². The van der Waals surface area contributed by atoms with Gasteiger partial charge in [-0.2, -0.15) is 0 Å². The zero-order valence-corrected chi connectivity index (χ0v) is 9.57. The highest BCUT2D eigenvalue weighted by atomic mass is 16.4. The molecule has 0 bridgehead atoms. The van der Waals surface area contributed by atoms with Crippen molar-refractivity contribution >= 4 is 17.7 Å². The molecule has 0 saturated carbocycles. The van der Waals surface area contributed by atoms with Crippen molar-refractivity contribution in [3.63, 3.8) is 0 Å². The Morgan fingerprint density at radius 3 is 2.32 bits per heavy atom. The number of hydrogen-bond acceptors (Lipinski definition) is 5. The molecule has 96 valence electrons. The van der Waals surface area contributed by atoms with E-state index in [1.54, 1.807) is 0 Å². The Hall–Kier alpha value is -2.96. The number of carbonyl (C=O) groups excluding carboxylic acids is 1. The van der Waals surface area contributed by atoms with Gasteiger partial charge in [-0.15, -0.1) is 0 Å². The first-order valence-corrected chi connectivity index (χ1v) is 5.22. The summed E-state index contributed by atoms with van der Waals surface area (Å²) in [4.78, 5) is 30.1. The third-order valence-corrected chi connectivity index (χ3v) is 2.26. The third-order valence-electron chi connectivity index (χ3n) is 2.26. The largest absolute Gasteiger partial charge is 0.508 e. The molecule has 0 aliphatic rings. The molecule has 1 aromatic heterocycles. The molecule has 7 nitrogen and oxygen atoms in total. The number of aromatic nitrogens is 2. The van der Waals surface area contributed by atoms with Gasteiger partial charge in [-0.3, -0.25) is 4.79 Å². The molecule has 0 atom stereocenters. The Morgan fingerprint density at radius 1 is 1.05 bits per heavy atom. The number of phenolic OH excluding ortho intramolecular Hbond substituents is 1. The van der Waals surface area contributed by atoms with Crippen LogP contribution in [-0.4, -0.2) is 32.1 Å². The van der Waals surface area contributed by atoms with Crippen molar-refractivity contribution < 1.29 is 19.8 Å². The number of phenols is 1. The lowest BCUT2D eigenvalue weighted by Gasteiger charge is -2.06. The van der Waals surface area contributed by atoms with Crippen molar-refractivity contribution in [2.75, 3.05) is 5.32 Å². The molecule has 0 aliphatic heterocycles. The Kier molecular flexibility index (Phi) is 3.37. The average Bonchev–Trinajstić information content (AvgIpc) is 2.39. The van der Waals surface area contributed by atoms with Crippen LogP contribution in [0.3, 0.4) is 0 Å². The second-order valence-electron chi connectivity index (χ2n) is 3.56. The van der Waals surface area contributed by atoms with E-state index in [1.807, 2.05) is 0 Å². The maximum Gasteiger partial charge on any atom is 0.358 e. The highest BCUT2D eigenvalue weighted by Crippen LogP contribution is 2.13. The van der Waals surface area contributed by atoms with E-state index in [0.29, 0.717) is 0 Å². The number of rotatable bonds is 3. The minimum absolute atomic E-state index is 0.0299. The van der Waals surface area contributed by atoms with Crippen LogP contribution in [0.15, 0.2) is 36.7 Å². The summed E-state index contributed by atoms with van der Waals surface area (Å²) >= 11 is 0. The van der Waals surface area contributed by atoms with Crippen molar-refractivity contribution in [2.24, 2.45) is 0 Å². The van der Waals surface area contributed by atoms with Crippen molar-refractivity contribution in [3.05, 3.63) is 47.9 Å². The molecule has 7 heteroatoms. The number of benzene rings is 1. The Labute approximate surface area is 107 Å². The van der Waals surface area contributed by atoms with Gasteiger partial charge in [0.2, 0.25) is 0 Å². The van der Waals surface area contributed by atoms with E-state index in [9.17, 15) is 9.59 Å². The summed E-state index contributed by atoms with van der Waals surface area (Å²) in [6.07, 6.45) is 2.50. The minimum atomic E-state index is -1.28. The van der Waals surface area contributed by atoms with E-state index in [2.05, 4.69) is 15.3 Å². The van der Waals surface area contributed by atoms with Crippen LogP contribution in [0.2, 0.25) is 0 Å². The summed E-state index contributed by atoms with van der Waals surface area (Å²) in [6.45, 7) is 0. The number of carbonyl (C=O) groups is 2. The number of anilines is 1. The molecule has 19 heavy (non-hydrogen) atoms. The minimum Gasteiger partial charge on any atom is -0.508 e. The third kappa shape index (κ3) is 2.83. The maximum atomic E-state index is 11.8. The second kappa shape index (κ2) is 5.13. The Bertz CT molecular complexity index is 625. The van der Waals surface area contributed by atoms with Crippen LogP contribution in [-0.2, 0) is 0 Å². The lowest BCUT2D eigenvalue weighted by Crippen LogP contribution is -2.16. The highest BCUT2D eigenvalue weighted by Gasteiger charge is 2.15. The Morgan fingerprint density at radius 2 is 1.68 bits per heavy atom. The summed E-state index contributed by atoms with van der Waals surface area (Å²) in [7, 11) is 0. The summed E-state index contributed by atoms with van der Waals surface area (Å²) in [6, 6.07) is 5.51. The number of aromatic carboxylic acids is 1. The van der Waals surface area contributed by atoms with Gasteiger partial charge in [0.1, 0.15) is 5.75 Å². The van der Waals surface area contributed by atoms with E-state index < -0.39 is 11.9 Å². The summed E-state index contributed by atoms with van der Waals surface area (Å²) in [5, 5.41) is 20.4. The van der Waals surface area contributed by atoms with Gasteiger partial charge in [0.05, 0.1) is 0 Å². The number of carboxylic acids is 1. The molecular formula is C12H9N3O4. The monoisotopic (exact) mass is 259 g/mol. The number of amides is 1. The van der Waals surface area contributed by atoms with Crippen molar-refractivity contribution in [1.29, 1.82) is 0 Å². The normalized spacial score (nSPS) is 9.89. The molecule has 0 radical (unpaired) electrons. The Balaban J connectivity index is 2.24. The van der Waals surface area contributed by atoms with E-state index in [-0.39, 0.29) is 22.8 Å². The van der Waals surface area contributed by atoms with Crippen LogP contribution in [0.5, 0.6) is 5.75 Å². The molecular weight excluding hydrogens is 250 g/mol. The SMILES string of the molecule is O=C(Nc1nccnc1C(=O)O)c1ccc(O)cc1. The zero-order valence-electron chi connectivity index (χ0n) is 9.57. The molecule has 1 amide bonds. The van der Waals surface area contributed by atoms with Gasteiger partial charge in [-0.25, -0.2) is 14.8 Å². The fraction of sp³-hybridized carbons (Fsp3) is 0. The first-order chi connectivity index (χ1) is 9.08. The topological polar surface area (TPSA) is 112 Å². The maximum absolute atomic E-state index is 11.8. The quantitative estimate of drug-likeness (QED) is 0.761. The van der Waals surface area contributed by atoms with Crippen LogP contribution in [0.4, 0.5) is 5.82 Å². The first-order valence-electron chi connectivity index (χ1n) is 5.22. The van der Waals surface area contributed by atoms with E-state index in [1.165, 1.54) is 36.7 Å². The zero-order chi connectivity index (χ0) is 13.8. The number of aromatic hydroxyl groups is 1. The fourth-order valence-corrected chi connectivity index (χ4v) is 1.38. The lowest BCUT2D eigenvalue weighted by atomic mass is 10.2. The molecule has 0 unspecified atom stereocenters. The molecule has 3 N–H and O–H groups in total. The molecule has 0 spiro atoms. The predicted molar refractivity (Wildman–Crippen MR) is 65.1 cm³/mol. The number of hydrogen-bond donors (Lipinski definition) is 3. The van der Waals surface area contributed by atoms with Gasteiger partial charge in [0.25, 0.3) is 5.91 Å². The second-order valence-corrected chi connectivity index (χ2v) is 3.56. The number of nitrogens with zero attached hydrogens (tertiary/aromatic N) is 2. The van der Waals surface area contributed by atoms with E-state index in [0.717, 1.165) is 0 Å². The van der Waals surface area contributed by atoms with E-state index >= 15 is 0 Å². The predicted octanol–water partition coefficient (Wildman–Crippen LogP) is 1.13. The number of nitrogens with one attached hydrogen (secondary N) is 1. The molecule has 2 rings (SSSR count). The molecule has 0 saturated heterocycles. The summed E-state index contributed by atoms with van der Waals surface area (Å²) in [5.74, 6) is -1.92. The summed E-state index contributed by atoms with van der Waals surface area (Å²) < 4.78 is 0. The highest BCUT2D eigenvalue weighted by molar-refractivity contribution is 6.06. The molecule has 1 heterocycles. The van der Waals surface area contributed by atoms with Gasteiger partial charge < -0.3 is 15.5 Å². The number of carboxylic acid groups (broad SMARTS) is 1. The van der Waals surface area contributed by atoms with Crippen LogP contribution < -0.4 is 5.32 Å². The van der Waals surface area contributed by atoms with Gasteiger partial charge in [-0.1, -0.05) is 0 Å². The van der Waals surface area contributed by atoms with Crippen LogP contribution in [0.25, 0.3) is 0 Å². The van der Waals surface area contributed by atoms with Crippen LogP contribution in [0, 0.1) is 0 Å². The van der Waals surface area contributed by atoms with Gasteiger partial charge >= 0.3 is 5.97 Å². The fourth-order valence-electron chi connectivity index (χ4n) is 1.38. The standard InChI is InChI=1S/C12H9N3O4/c16-8-3-1-7(2-4-8)11(17)15-10-9(12(18)19)13-5-6-14-10/h1-6,16H,(H,18,19)(H,14,15,17). The average molecular weight is 259 g/mol. The summed E-state index contributed by atoms with van der Waals surface area (Å²) in [5.41, 5.74) is -0.0746. The van der Waals surface area contributed by atoms with E-state index in [4.69, 9.17) is 10.2 Å². The first kappa shape index (κ1) is 12.5. The van der Waals surface area contributed by atoms with Crippen molar-refractivity contribution in [2.45, 2.75) is 0 Å². The van der Waals surface area contributed by atoms with Gasteiger partial charge in [-0.05, 0) is 24.3 Å². The molecule has 0 aliphatic carbocycles. The molecule has 2 aromatic rings. The smallest absolute Gasteiger partial charge is 0.358 e. The van der Waals surface area contributed by atoms with Crippen molar-refractivity contribution in [1.82, 2.24) is 9.97 Å². The van der Waals surface area contributed by atoms with Gasteiger partial charge in [0, 0.05) is 18.0 Å². The van der Waals surface area contributed by atoms with Crippen molar-refractivity contribution in [3.8, 4) is 5.75 Å². The van der Waals surface area contributed by atoms with Crippen LogP contribution >= 0.6 is 0 Å².